The molecule has 0 spiro atoms. The Morgan fingerprint density at radius 2 is 2.28 bits per heavy atom. The third-order valence-corrected chi connectivity index (χ3v) is 3.68. The molecule has 2 N–H and O–H groups in total. The molecule has 0 unspecified atom stereocenters. The Kier molecular flexibility index (Phi) is 6.56. The molecular formula is C11H19ClN4OS. The number of nitrogens with one attached hydrogen (secondary N) is 2. The van der Waals surface area contributed by atoms with Gasteiger partial charge in [-0.25, -0.2) is 4.98 Å². The number of hydrogen-bond donors (Lipinski definition) is 2. The number of aryl methyl sites for hydroxylation is 1. The van der Waals surface area contributed by atoms with Crippen LogP contribution < -0.4 is 10.6 Å². The van der Waals surface area contributed by atoms with Crippen molar-refractivity contribution in [3.63, 3.8) is 0 Å². The zero-order valence-electron chi connectivity index (χ0n) is 10.4. The summed E-state index contributed by atoms with van der Waals surface area (Å²) in [6.07, 6.45) is 1.64. The molecule has 1 fully saturated rings. The van der Waals surface area contributed by atoms with E-state index in [0.717, 1.165) is 37.7 Å². The lowest BCUT2D eigenvalue weighted by atomic mass is 10.3. The summed E-state index contributed by atoms with van der Waals surface area (Å²) in [5, 5.41) is 7.16. The third kappa shape index (κ3) is 4.53. The monoisotopic (exact) mass is 290 g/mol. The second-order valence-electron chi connectivity index (χ2n) is 4.09. The highest BCUT2D eigenvalue weighted by Gasteiger charge is 2.11. The quantitative estimate of drug-likeness (QED) is 0.848. The van der Waals surface area contributed by atoms with Crippen LogP contribution in [0.15, 0.2) is 6.20 Å². The van der Waals surface area contributed by atoms with E-state index in [-0.39, 0.29) is 18.3 Å². The summed E-state index contributed by atoms with van der Waals surface area (Å²) in [5.41, 5.74) is 0. The Morgan fingerprint density at radius 1 is 1.56 bits per heavy atom. The highest BCUT2D eigenvalue weighted by atomic mass is 35.5. The number of piperazine rings is 1. The maximum absolute atomic E-state index is 11.7. The predicted octanol–water partition coefficient (Wildman–Crippen LogP) is 0.508. The smallest absolute Gasteiger partial charge is 0.263 e. The molecule has 2 heterocycles. The summed E-state index contributed by atoms with van der Waals surface area (Å²) in [4.78, 5) is 18.9. The molecule has 0 aromatic carbocycles. The van der Waals surface area contributed by atoms with Gasteiger partial charge in [0.15, 0.2) is 0 Å². The van der Waals surface area contributed by atoms with Crippen LogP contribution >= 0.6 is 23.7 Å². The number of amides is 1. The van der Waals surface area contributed by atoms with Crippen molar-refractivity contribution in [2.75, 3.05) is 39.3 Å². The van der Waals surface area contributed by atoms with E-state index in [1.165, 1.54) is 11.3 Å². The molecule has 1 aliphatic rings. The van der Waals surface area contributed by atoms with Gasteiger partial charge in [-0.15, -0.1) is 23.7 Å². The number of thiazole rings is 1. The van der Waals surface area contributed by atoms with E-state index in [1.807, 2.05) is 6.92 Å². The Hall–Kier alpha value is -0.690. The molecule has 7 heteroatoms. The van der Waals surface area contributed by atoms with Crippen LogP contribution in [0.3, 0.4) is 0 Å². The summed E-state index contributed by atoms with van der Waals surface area (Å²) in [6.45, 7) is 7.75. The first kappa shape index (κ1) is 15.4. The van der Waals surface area contributed by atoms with E-state index >= 15 is 0 Å². The Morgan fingerprint density at radius 3 is 2.89 bits per heavy atom. The molecule has 1 aromatic heterocycles. The highest BCUT2D eigenvalue weighted by Crippen LogP contribution is 2.10. The number of nitrogens with zero attached hydrogens (tertiary/aromatic N) is 2. The second kappa shape index (κ2) is 7.68. The molecule has 102 valence electrons. The van der Waals surface area contributed by atoms with Crippen molar-refractivity contribution in [1.82, 2.24) is 20.5 Å². The van der Waals surface area contributed by atoms with Gasteiger partial charge in [-0.1, -0.05) is 0 Å². The van der Waals surface area contributed by atoms with Gasteiger partial charge in [0.2, 0.25) is 0 Å². The molecule has 0 saturated carbocycles. The number of rotatable bonds is 4. The fourth-order valence-corrected chi connectivity index (χ4v) is 2.51. The Labute approximate surface area is 117 Å². The van der Waals surface area contributed by atoms with Gasteiger partial charge in [0, 0.05) is 39.3 Å². The fourth-order valence-electron chi connectivity index (χ4n) is 1.82. The van der Waals surface area contributed by atoms with Crippen LogP contribution in [0.5, 0.6) is 0 Å². The first-order chi connectivity index (χ1) is 8.25. The minimum atomic E-state index is -0.00858. The van der Waals surface area contributed by atoms with Gasteiger partial charge in [-0.3, -0.25) is 9.69 Å². The van der Waals surface area contributed by atoms with Gasteiger partial charge in [0.25, 0.3) is 5.91 Å². The maximum Gasteiger partial charge on any atom is 0.263 e. The number of hydrogen-bond acceptors (Lipinski definition) is 5. The molecule has 18 heavy (non-hydrogen) atoms. The van der Waals surface area contributed by atoms with Gasteiger partial charge in [-0.2, -0.15) is 0 Å². The van der Waals surface area contributed by atoms with E-state index in [4.69, 9.17) is 0 Å². The number of halogens is 1. The molecule has 5 nitrogen and oxygen atoms in total. The highest BCUT2D eigenvalue weighted by molar-refractivity contribution is 7.13. The van der Waals surface area contributed by atoms with Crippen molar-refractivity contribution in [3.05, 3.63) is 16.1 Å². The molecule has 0 atom stereocenters. The lowest BCUT2D eigenvalue weighted by Crippen LogP contribution is -2.46. The number of aromatic nitrogens is 1. The molecule has 1 aliphatic heterocycles. The largest absolute Gasteiger partial charge is 0.350 e. The molecule has 1 saturated heterocycles. The van der Waals surface area contributed by atoms with Gasteiger partial charge in [0.05, 0.1) is 11.2 Å². The van der Waals surface area contributed by atoms with E-state index in [0.29, 0.717) is 11.4 Å². The minimum Gasteiger partial charge on any atom is -0.350 e. The summed E-state index contributed by atoms with van der Waals surface area (Å²) in [5.74, 6) is -0.00858. The van der Waals surface area contributed by atoms with Crippen LogP contribution in [0.1, 0.15) is 14.7 Å². The maximum atomic E-state index is 11.7. The van der Waals surface area contributed by atoms with E-state index in [9.17, 15) is 4.79 Å². The lowest BCUT2D eigenvalue weighted by molar-refractivity contribution is 0.0951. The molecule has 2 rings (SSSR count). The Bertz CT molecular complexity index is 379. The van der Waals surface area contributed by atoms with E-state index < -0.39 is 0 Å². The van der Waals surface area contributed by atoms with Crippen LogP contribution in [0.25, 0.3) is 0 Å². The number of carbonyl (C=O) groups excluding carboxylic acids is 1. The molecule has 1 aromatic rings. The molecule has 0 aliphatic carbocycles. The van der Waals surface area contributed by atoms with Gasteiger partial charge in [0.1, 0.15) is 4.88 Å². The zero-order valence-corrected chi connectivity index (χ0v) is 12.1. The molecule has 0 bridgehead atoms. The van der Waals surface area contributed by atoms with Gasteiger partial charge < -0.3 is 10.6 Å². The molecule has 0 radical (unpaired) electrons. The van der Waals surface area contributed by atoms with E-state index in [2.05, 4.69) is 20.5 Å². The number of carbonyl (C=O) groups is 1. The fraction of sp³-hybridized carbons (Fsp3) is 0.636. The van der Waals surface area contributed by atoms with Crippen LogP contribution in [0.4, 0.5) is 0 Å². The van der Waals surface area contributed by atoms with Crippen molar-refractivity contribution in [2.45, 2.75) is 6.92 Å². The zero-order chi connectivity index (χ0) is 12.1. The first-order valence-corrected chi connectivity index (χ1v) is 6.71. The minimum absolute atomic E-state index is 0. The van der Waals surface area contributed by atoms with Gasteiger partial charge >= 0.3 is 0 Å². The summed E-state index contributed by atoms with van der Waals surface area (Å²) < 4.78 is 0. The van der Waals surface area contributed by atoms with Crippen molar-refractivity contribution in [2.24, 2.45) is 0 Å². The van der Waals surface area contributed by atoms with Gasteiger partial charge in [-0.05, 0) is 6.92 Å². The van der Waals surface area contributed by atoms with Crippen LogP contribution in [0, 0.1) is 6.92 Å². The summed E-state index contributed by atoms with van der Waals surface area (Å²) >= 11 is 1.44. The van der Waals surface area contributed by atoms with Crippen molar-refractivity contribution >= 4 is 29.7 Å². The van der Waals surface area contributed by atoms with Crippen LogP contribution in [-0.4, -0.2) is 55.1 Å². The van der Waals surface area contributed by atoms with Crippen molar-refractivity contribution < 1.29 is 4.79 Å². The average molecular weight is 291 g/mol. The normalized spacial score (nSPS) is 16.1. The Balaban J connectivity index is 0.00000162. The van der Waals surface area contributed by atoms with E-state index in [1.54, 1.807) is 6.20 Å². The molecule has 1 amide bonds. The van der Waals surface area contributed by atoms with Crippen LogP contribution in [0.2, 0.25) is 0 Å². The predicted molar refractivity (Wildman–Crippen MR) is 75.7 cm³/mol. The SMILES string of the molecule is Cc1ncc(C(=O)NCCN2CCNCC2)s1.Cl. The molecular weight excluding hydrogens is 272 g/mol. The second-order valence-corrected chi connectivity index (χ2v) is 5.33. The standard InChI is InChI=1S/C11H18N4OS.ClH/c1-9-14-8-10(17-9)11(16)13-4-7-15-5-2-12-3-6-15;/h8,12H,2-7H2,1H3,(H,13,16);1H. The topological polar surface area (TPSA) is 57.3 Å². The summed E-state index contributed by atoms with van der Waals surface area (Å²) in [7, 11) is 0. The lowest BCUT2D eigenvalue weighted by Gasteiger charge is -2.26. The first-order valence-electron chi connectivity index (χ1n) is 5.89. The average Bonchev–Trinajstić information content (AvgIpc) is 2.77. The van der Waals surface area contributed by atoms with Crippen molar-refractivity contribution in [3.8, 4) is 0 Å². The van der Waals surface area contributed by atoms with Crippen molar-refractivity contribution in [1.29, 1.82) is 0 Å². The third-order valence-electron chi connectivity index (χ3n) is 2.77. The summed E-state index contributed by atoms with van der Waals surface area (Å²) in [6, 6.07) is 0. The van der Waals surface area contributed by atoms with Crippen LogP contribution in [-0.2, 0) is 0 Å².